The summed E-state index contributed by atoms with van der Waals surface area (Å²) >= 11 is 0. The molecule has 0 heterocycles. The second kappa shape index (κ2) is 5.65. The number of phenolic OH excluding ortho intramolecular Hbond substituents is 1. The van der Waals surface area contributed by atoms with Gasteiger partial charge < -0.3 is 14.9 Å². The second-order valence-electron chi connectivity index (χ2n) is 4.64. The maximum Gasteiger partial charge on any atom is 0.336 e. The molecular weight excluding hydrogens is 256 g/mol. The molecule has 0 amide bonds. The van der Waals surface area contributed by atoms with Gasteiger partial charge in [0.1, 0.15) is 18.1 Å². The molecule has 0 atom stereocenters. The molecule has 20 heavy (non-hydrogen) atoms. The molecule has 2 aromatic carbocycles. The standard InChI is InChI=1S/C16H16O4/c1-10-5-3-4-6-12(10)9-20-13-7-14(16(18)19)11(2)15(17)8-13/h3-8,17H,9H2,1-2H3,(H,18,19). The van der Waals surface area contributed by atoms with Crippen LogP contribution in [-0.2, 0) is 6.61 Å². The van der Waals surface area contributed by atoms with Gasteiger partial charge in [0, 0.05) is 11.6 Å². The molecule has 0 aliphatic rings. The normalized spacial score (nSPS) is 10.3. The summed E-state index contributed by atoms with van der Waals surface area (Å²) in [6.07, 6.45) is 0. The van der Waals surface area contributed by atoms with Crippen molar-refractivity contribution >= 4 is 5.97 Å². The van der Waals surface area contributed by atoms with Crippen molar-refractivity contribution in [2.75, 3.05) is 0 Å². The molecule has 0 saturated carbocycles. The van der Waals surface area contributed by atoms with Crippen LogP contribution in [0.2, 0.25) is 0 Å². The summed E-state index contributed by atoms with van der Waals surface area (Å²) in [4.78, 5) is 11.1. The van der Waals surface area contributed by atoms with Gasteiger partial charge >= 0.3 is 5.97 Å². The number of rotatable bonds is 4. The van der Waals surface area contributed by atoms with Crippen molar-refractivity contribution in [3.63, 3.8) is 0 Å². The highest BCUT2D eigenvalue weighted by molar-refractivity contribution is 5.90. The quantitative estimate of drug-likeness (QED) is 0.896. The lowest BCUT2D eigenvalue weighted by Gasteiger charge is -2.11. The minimum absolute atomic E-state index is 0.0461. The van der Waals surface area contributed by atoms with Gasteiger partial charge in [-0.2, -0.15) is 0 Å². The first-order valence-electron chi connectivity index (χ1n) is 6.23. The van der Waals surface area contributed by atoms with Crippen molar-refractivity contribution in [2.45, 2.75) is 20.5 Å². The Morgan fingerprint density at radius 3 is 2.55 bits per heavy atom. The number of carbonyl (C=O) groups is 1. The zero-order valence-corrected chi connectivity index (χ0v) is 11.4. The average molecular weight is 272 g/mol. The molecule has 2 rings (SSSR count). The maximum atomic E-state index is 11.1. The fourth-order valence-electron chi connectivity index (χ4n) is 1.91. The first kappa shape index (κ1) is 13.9. The number of aryl methyl sites for hydroxylation is 1. The Bertz CT molecular complexity index is 647. The molecule has 0 saturated heterocycles. The highest BCUT2D eigenvalue weighted by Gasteiger charge is 2.13. The topological polar surface area (TPSA) is 66.8 Å². The van der Waals surface area contributed by atoms with E-state index in [0.29, 0.717) is 17.9 Å². The van der Waals surface area contributed by atoms with Gasteiger partial charge in [-0.05, 0) is 31.0 Å². The minimum atomic E-state index is -1.08. The molecule has 0 unspecified atom stereocenters. The fraction of sp³-hybridized carbons (Fsp3) is 0.188. The van der Waals surface area contributed by atoms with Crippen LogP contribution in [0.5, 0.6) is 11.5 Å². The zero-order chi connectivity index (χ0) is 14.7. The summed E-state index contributed by atoms with van der Waals surface area (Å²) in [7, 11) is 0. The molecule has 0 fully saturated rings. The van der Waals surface area contributed by atoms with E-state index in [2.05, 4.69) is 0 Å². The number of aromatic carboxylic acids is 1. The van der Waals surface area contributed by atoms with Gasteiger partial charge in [0.25, 0.3) is 0 Å². The third-order valence-corrected chi connectivity index (χ3v) is 3.24. The number of carboxylic acids is 1. The summed E-state index contributed by atoms with van der Waals surface area (Å²) in [5.74, 6) is -0.822. The van der Waals surface area contributed by atoms with Gasteiger partial charge in [-0.15, -0.1) is 0 Å². The predicted octanol–water partition coefficient (Wildman–Crippen LogP) is 3.29. The lowest BCUT2D eigenvalue weighted by atomic mass is 10.1. The van der Waals surface area contributed by atoms with E-state index in [1.54, 1.807) is 6.92 Å². The molecule has 0 bridgehead atoms. The summed E-state index contributed by atoms with van der Waals surface area (Å²) in [6.45, 7) is 3.87. The summed E-state index contributed by atoms with van der Waals surface area (Å²) in [5.41, 5.74) is 2.50. The molecule has 2 N–H and O–H groups in total. The lowest BCUT2D eigenvalue weighted by molar-refractivity contribution is 0.0695. The van der Waals surface area contributed by atoms with E-state index in [1.807, 2.05) is 31.2 Å². The highest BCUT2D eigenvalue weighted by atomic mass is 16.5. The molecule has 0 radical (unpaired) electrons. The van der Waals surface area contributed by atoms with Gasteiger partial charge in [0.2, 0.25) is 0 Å². The smallest absolute Gasteiger partial charge is 0.336 e. The number of benzene rings is 2. The Balaban J connectivity index is 2.22. The molecule has 4 heteroatoms. The van der Waals surface area contributed by atoms with Crippen molar-refractivity contribution in [1.29, 1.82) is 0 Å². The van der Waals surface area contributed by atoms with E-state index in [0.717, 1.165) is 11.1 Å². The number of carboxylic acid groups (broad SMARTS) is 1. The van der Waals surface area contributed by atoms with Crippen LogP contribution in [0, 0.1) is 13.8 Å². The summed E-state index contributed by atoms with van der Waals surface area (Å²) < 4.78 is 5.58. The van der Waals surface area contributed by atoms with Gasteiger partial charge in [0.05, 0.1) is 5.56 Å². The van der Waals surface area contributed by atoms with E-state index in [4.69, 9.17) is 9.84 Å². The Hall–Kier alpha value is -2.49. The number of phenols is 1. The van der Waals surface area contributed by atoms with Crippen LogP contribution in [0.4, 0.5) is 0 Å². The Morgan fingerprint density at radius 2 is 1.90 bits per heavy atom. The first-order valence-corrected chi connectivity index (χ1v) is 6.23. The van der Waals surface area contributed by atoms with Gasteiger partial charge in [-0.25, -0.2) is 4.79 Å². The lowest BCUT2D eigenvalue weighted by Crippen LogP contribution is -2.03. The van der Waals surface area contributed by atoms with Crippen LogP contribution in [0.15, 0.2) is 36.4 Å². The van der Waals surface area contributed by atoms with Crippen LogP contribution in [0.1, 0.15) is 27.0 Å². The third kappa shape index (κ3) is 2.91. The number of ether oxygens (including phenoxy) is 1. The Kier molecular flexibility index (Phi) is 3.94. The molecule has 104 valence electrons. The van der Waals surface area contributed by atoms with Crippen molar-refractivity contribution in [3.8, 4) is 11.5 Å². The van der Waals surface area contributed by atoms with Gasteiger partial charge in [-0.3, -0.25) is 0 Å². The molecular formula is C16H16O4. The van der Waals surface area contributed by atoms with E-state index in [9.17, 15) is 9.90 Å². The summed E-state index contributed by atoms with van der Waals surface area (Å²) in [5, 5.41) is 18.8. The fourth-order valence-corrected chi connectivity index (χ4v) is 1.91. The molecule has 0 aliphatic carbocycles. The molecule has 0 aliphatic heterocycles. The maximum absolute atomic E-state index is 11.1. The zero-order valence-electron chi connectivity index (χ0n) is 11.4. The Labute approximate surface area is 117 Å². The largest absolute Gasteiger partial charge is 0.508 e. The monoisotopic (exact) mass is 272 g/mol. The van der Waals surface area contributed by atoms with Crippen molar-refractivity contribution in [2.24, 2.45) is 0 Å². The minimum Gasteiger partial charge on any atom is -0.508 e. The van der Waals surface area contributed by atoms with Crippen LogP contribution in [-0.4, -0.2) is 16.2 Å². The number of hydrogen-bond acceptors (Lipinski definition) is 3. The van der Waals surface area contributed by atoms with Crippen LogP contribution in [0.25, 0.3) is 0 Å². The second-order valence-corrected chi connectivity index (χ2v) is 4.64. The van der Waals surface area contributed by atoms with E-state index in [1.165, 1.54) is 12.1 Å². The average Bonchev–Trinajstić information content (AvgIpc) is 2.41. The van der Waals surface area contributed by atoms with Crippen molar-refractivity contribution in [1.82, 2.24) is 0 Å². The van der Waals surface area contributed by atoms with E-state index >= 15 is 0 Å². The molecule has 2 aromatic rings. The highest BCUT2D eigenvalue weighted by Crippen LogP contribution is 2.28. The van der Waals surface area contributed by atoms with Crippen LogP contribution >= 0.6 is 0 Å². The Morgan fingerprint density at radius 1 is 1.20 bits per heavy atom. The third-order valence-electron chi connectivity index (χ3n) is 3.24. The van der Waals surface area contributed by atoms with Crippen LogP contribution in [0.3, 0.4) is 0 Å². The van der Waals surface area contributed by atoms with Gasteiger partial charge in [0.15, 0.2) is 0 Å². The molecule has 0 spiro atoms. The van der Waals surface area contributed by atoms with Crippen molar-refractivity contribution < 1.29 is 19.7 Å². The molecule has 0 aromatic heterocycles. The number of hydrogen-bond donors (Lipinski definition) is 2. The number of aromatic hydroxyl groups is 1. The van der Waals surface area contributed by atoms with Crippen molar-refractivity contribution in [3.05, 3.63) is 58.7 Å². The van der Waals surface area contributed by atoms with Crippen LogP contribution < -0.4 is 4.74 Å². The first-order chi connectivity index (χ1) is 9.49. The summed E-state index contributed by atoms with van der Waals surface area (Å²) in [6, 6.07) is 10.6. The SMILES string of the molecule is Cc1ccccc1COc1cc(O)c(C)c(C(=O)O)c1. The van der Waals surface area contributed by atoms with Gasteiger partial charge in [-0.1, -0.05) is 24.3 Å². The molecule has 4 nitrogen and oxygen atoms in total. The van der Waals surface area contributed by atoms with E-state index < -0.39 is 5.97 Å². The predicted molar refractivity (Wildman–Crippen MR) is 75.3 cm³/mol. The van der Waals surface area contributed by atoms with E-state index in [-0.39, 0.29) is 11.3 Å².